The van der Waals surface area contributed by atoms with Crippen LogP contribution >= 0.6 is 0 Å². The van der Waals surface area contributed by atoms with E-state index in [0.29, 0.717) is 24.3 Å². The van der Waals surface area contributed by atoms with Crippen molar-refractivity contribution in [3.05, 3.63) is 59.7 Å². The highest BCUT2D eigenvalue weighted by Crippen LogP contribution is 2.45. The third kappa shape index (κ3) is 7.50. The van der Waals surface area contributed by atoms with Crippen LogP contribution < -0.4 is 9.64 Å². The Hall–Kier alpha value is -2.88. The normalized spacial score (nSPS) is 21.7. The fraction of sp³-hybridized carbons (Fsp3) is 0.600. The summed E-state index contributed by atoms with van der Waals surface area (Å²) in [5.74, 6) is 0.715. The molecule has 0 radical (unpaired) electrons. The quantitative estimate of drug-likeness (QED) is 0.252. The number of carbonyl (C=O) groups excluding carboxylic acids is 1. The monoisotopic (exact) mass is 556 g/mol. The first-order valence-corrected chi connectivity index (χ1v) is 16.2. The van der Waals surface area contributed by atoms with Crippen molar-refractivity contribution < 1.29 is 9.53 Å². The molecule has 1 amide bonds. The number of nitrogens with zero attached hydrogens (tertiary/aromatic N) is 4. The van der Waals surface area contributed by atoms with Crippen LogP contribution in [0.15, 0.2) is 48.5 Å². The van der Waals surface area contributed by atoms with E-state index >= 15 is 0 Å². The standard InChI is InChI=1S/C35H48N4O2/c36-29-30-18-19-33-32(28-30)39(27-15-5-14-26-38-24-12-4-13-25-38)34(40)35(41-33,31-16-6-1-7-17-31)20-8-2-9-21-37-22-10-3-11-23-37/h1,6-7,16-19,28H,2-5,8-15,20-27H2. The second-order valence-corrected chi connectivity index (χ2v) is 12.2. The van der Waals surface area contributed by atoms with Crippen molar-refractivity contribution in [2.75, 3.05) is 50.7 Å². The highest BCUT2D eigenvalue weighted by Gasteiger charge is 2.49. The minimum absolute atomic E-state index is 0.0124. The van der Waals surface area contributed by atoms with Gasteiger partial charge in [-0.3, -0.25) is 4.79 Å². The minimum atomic E-state index is -1.04. The van der Waals surface area contributed by atoms with Crippen LogP contribution in [0.5, 0.6) is 5.75 Å². The Morgan fingerprint density at radius 2 is 1.34 bits per heavy atom. The second-order valence-electron chi connectivity index (χ2n) is 12.2. The van der Waals surface area contributed by atoms with E-state index in [1.807, 2.05) is 47.4 Å². The molecule has 1 unspecified atom stereocenters. The Balaban J connectivity index is 1.29. The summed E-state index contributed by atoms with van der Waals surface area (Å²) in [5, 5.41) is 9.60. The Morgan fingerprint density at radius 3 is 1.98 bits per heavy atom. The van der Waals surface area contributed by atoms with E-state index in [1.54, 1.807) is 6.07 Å². The lowest BCUT2D eigenvalue weighted by Crippen LogP contribution is -2.54. The van der Waals surface area contributed by atoms with Gasteiger partial charge in [0, 0.05) is 18.5 Å². The molecule has 3 aliphatic heterocycles. The van der Waals surface area contributed by atoms with Gasteiger partial charge in [-0.25, -0.2) is 0 Å². The Labute approximate surface area is 247 Å². The van der Waals surface area contributed by atoms with Gasteiger partial charge in [0.05, 0.1) is 17.3 Å². The lowest BCUT2D eigenvalue weighted by atomic mass is 9.84. The number of carbonyl (C=O) groups is 1. The average Bonchev–Trinajstić information content (AvgIpc) is 3.03. The maximum Gasteiger partial charge on any atom is 0.276 e. The zero-order valence-corrected chi connectivity index (χ0v) is 24.9. The molecule has 0 saturated carbocycles. The molecule has 0 aromatic heterocycles. The smallest absolute Gasteiger partial charge is 0.276 e. The molecule has 0 aliphatic carbocycles. The lowest BCUT2D eigenvalue weighted by Gasteiger charge is -2.43. The number of hydrogen-bond donors (Lipinski definition) is 0. The largest absolute Gasteiger partial charge is 0.470 e. The Morgan fingerprint density at radius 1 is 0.732 bits per heavy atom. The predicted molar refractivity (Wildman–Crippen MR) is 165 cm³/mol. The van der Waals surface area contributed by atoms with Crippen molar-refractivity contribution in [1.29, 1.82) is 5.26 Å². The zero-order valence-electron chi connectivity index (χ0n) is 24.9. The fourth-order valence-electron chi connectivity index (χ4n) is 6.89. The maximum absolute atomic E-state index is 14.5. The van der Waals surface area contributed by atoms with Crippen molar-refractivity contribution in [2.45, 2.75) is 89.1 Å². The van der Waals surface area contributed by atoms with Gasteiger partial charge >= 0.3 is 0 Å². The maximum atomic E-state index is 14.5. The van der Waals surface area contributed by atoms with Crippen LogP contribution in [0.3, 0.4) is 0 Å². The topological polar surface area (TPSA) is 59.8 Å². The summed E-state index contributed by atoms with van der Waals surface area (Å²) in [6.07, 6.45) is 15.0. The number of amides is 1. The third-order valence-electron chi connectivity index (χ3n) is 9.25. The number of anilines is 1. The summed E-state index contributed by atoms with van der Waals surface area (Å²) in [5.41, 5.74) is 1.18. The first kappa shape index (κ1) is 29.6. The number of ether oxygens (including phenoxy) is 1. The van der Waals surface area contributed by atoms with Crippen LogP contribution in [0.4, 0.5) is 5.69 Å². The van der Waals surface area contributed by atoms with Crippen LogP contribution in [0.2, 0.25) is 0 Å². The molecule has 0 spiro atoms. The molecule has 0 bridgehead atoms. The average molecular weight is 557 g/mol. The number of nitriles is 1. The van der Waals surface area contributed by atoms with E-state index in [1.165, 1.54) is 64.7 Å². The molecule has 6 nitrogen and oxygen atoms in total. The first-order chi connectivity index (χ1) is 20.2. The van der Waals surface area contributed by atoms with E-state index in [0.717, 1.165) is 62.9 Å². The van der Waals surface area contributed by atoms with E-state index in [2.05, 4.69) is 15.9 Å². The summed E-state index contributed by atoms with van der Waals surface area (Å²) in [6.45, 7) is 7.85. The summed E-state index contributed by atoms with van der Waals surface area (Å²) in [4.78, 5) is 21.6. The van der Waals surface area contributed by atoms with Gasteiger partial charge in [-0.15, -0.1) is 0 Å². The molecule has 1 atom stereocenters. The molecule has 3 heterocycles. The van der Waals surface area contributed by atoms with Gasteiger partial charge < -0.3 is 19.4 Å². The Bertz CT molecular complexity index is 1150. The van der Waals surface area contributed by atoms with Gasteiger partial charge in [-0.05, 0) is 109 Å². The van der Waals surface area contributed by atoms with Crippen molar-refractivity contribution >= 4 is 11.6 Å². The number of fused-ring (bicyclic) bond motifs is 1. The SMILES string of the molecule is N#Cc1ccc2c(c1)N(CCCCCN1CCCCC1)C(=O)C(CCCCCN1CCCCC1)(c1ccccc1)O2. The second kappa shape index (κ2) is 14.8. The summed E-state index contributed by atoms with van der Waals surface area (Å²) >= 11 is 0. The fourth-order valence-corrected chi connectivity index (χ4v) is 6.89. The van der Waals surface area contributed by atoms with Crippen molar-refractivity contribution in [2.24, 2.45) is 0 Å². The van der Waals surface area contributed by atoms with Crippen LogP contribution in [0, 0.1) is 11.3 Å². The van der Waals surface area contributed by atoms with Crippen molar-refractivity contribution in [3.8, 4) is 11.8 Å². The highest BCUT2D eigenvalue weighted by molar-refractivity contribution is 6.03. The molecule has 6 heteroatoms. The molecule has 0 N–H and O–H groups in total. The molecular weight excluding hydrogens is 508 g/mol. The highest BCUT2D eigenvalue weighted by atomic mass is 16.5. The van der Waals surface area contributed by atoms with Gasteiger partial charge in [0.25, 0.3) is 5.91 Å². The molecule has 2 aromatic rings. The summed E-state index contributed by atoms with van der Waals surface area (Å²) < 4.78 is 6.73. The van der Waals surface area contributed by atoms with E-state index in [4.69, 9.17) is 4.74 Å². The zero-order chi connectivity index (χ0) is 28.3. The minimum Gasteiger partial charge on any atom is -0.470 e. The number of piperidine rings is 2. The van der Waals surface area contributed by atoms with Gasteiger partial charge in [0.2, 0.25) is 5.60 Å². The number of hydrogen-bond acceptors (Lipinski definition) is 5. The third-order valence-corrected chi connectivity index (χ3v) is 9.25. The van der Waals surface area contributed by atoms with E-state index < -0.39 is 5.60 Å². The van der Waals surface area contributed by atoms with Crippen molar-refractivity contribution in [3.63, 3.8) is 0 Å². The molecule has 2 fully saturated rings. The lowest BCUT2D eigenvalue weighted by molar-refractivity contribution is -0.137. The molecule has 41 heavy (non-hydrogen) atoms. The first-order valence-electron chi connectivity index (χ1n) is 16.2. The van der Waals surface area contributed by atoms with Gasteiger partial charge in [0.15, 0.2) is 0 Å². The van der Waals surface area contributed by atoms with E-state index in [-0.39, 0.29) is 5.91 Å². The summed E-state index contributed by atoms with van der Waals surface area (Å²) in [7, 11) is 0. The predicted octanol–water partition coefficient (Wildman–Crippen LogP) is 6.88. The van der Waals surface area contributed by atoms with Crippen LogP contribution in [-0.4, -0.2) is 61.5 Å². The molecule has 5 rings (SSSR count). The molecular formula is C35H48N4O2. The summed E-state index contributed by atoms with van der Waals surface area (Å²) in [6, 6.07) is 17.9. The van der Waals surface area contributed by atoms with Crippen LogP contribution in [0.25, 0.3) is 0 Å². The molecule has 2 aromatic carbocycles. The van der Waals surface area contributed by atoms with E-state index in [9.17, 15) is 10.1 Å². The van der Waals surface area contributed by atoms with Crippen LogP contribution in [0.1, 0.15) is 94.6 Å². The van der Waals surface area contributed by atoms with Crippen molar-refractivity contribution in [1.82, 2.24) is 9.80 Å². The molecule has 3 aliphatic rings. The number of unbranched alkanes of at least 4 members (excludes halogenated alkanes) is 4. The Kier molecular flexibility index (Phi) is 10.7. The number of rotatable bonds is 13. The van der Waals surface area contributed by atoms with Gasteiger partial charge in [0.1, 0.15) is 5.75 Å². The van der Waals surface area contributed by atoms with Gasteiger partial charge in [-0.2, -0.15) is 5.26 Å². The number of benzene rings is 2. The number of likely N-dealkylation sites (tertiary alicyclic amines) is 2. The molecule has 2 saturated heterocycles. The molecule has 220 valence electrons. The van der Waals surface area contributed by atoms with Crippen LogP contribution in [-0.2, 0) is 10.4 Å². The van der Waals surface area contributed by atoms with Gasteiger partial charge in [-0.1, -0.05) is 56.0 Å².